The Balaban J connectivity index is 1.62. The van der Waals surface area contributed by atoms with E-state index in [1.807, 2.05) is 30.3 Å². The van der Waals surface area contributed by atoms with E-state index in [1.165, 1.54) is 11.0 Å². The molecule has 146 valence electrons. The molecule has 1 aliphatic heterocycles. The van der Waals surface area contributed by atoms with Gasteiger partial charge >= 0.3 is 5.97 Å². The molecule has 6 nitrogen and oxygen atoms in total. The fraction of sp³-hybridized carbons (Fsp3) is 0.238. The molecule has 2 aromatic carbocycles. The first-order chi connectivity index (χ1) is 13.4. The molecule has 0 aromatic heterocycles. The highest BCUT2D eigenvalue weighted by atomic mass is 32.2. The van der Waals surface area contributed by atoms with E-state index in [2.05, 4.69) is 0 Å². The van der Waals surface area contributed by atoms with Crippen molar-refractivity contribution in [3.05, 3.63) is 77.7 Å². The van der Waals surface area contributed by atoms with E-state index in [0.29, 0.717) is 12.1 Å². The predicted octanol–water partition coefficient (Wildman–Crippen LogP) is 2.51. The fourth-order valence-electron chi connectivity index (χ4n) is 3.00. The number of hydrogen-bond donors (Lipinski definition) is 0. The molecule has 0 bridgehead atoms. The lowest BCUT2D eigenvalue weighted by molar-refractivity contribution is -0.147. The summed E-state index contributed by atoms with van der Waals surface area (Å²) in [7, 11) is -3.33. The first-order valence-electron chi connectivity index (χ1n) is 8.92. The molecule has 1 aliphatic rings. The Kier molecular flexibility index (Phi) is 6.26. The van der Waals surface area contributed by atoms with Crippen LogP contribution in [0.5, 0.6) is 0 Å². The molecule has 0 N–H and O–H groups in total. The van der Waals surface area contributed by atoms with E-state index < -0.39 is 34.4 Å². The first-order valence-corrected chi connectivity index (χ1v) is 10.6. The first kappa shape index (κ1) is 19.8. The van der Waals surface area contributed by atoms with Crippen molar-refractivity contribution in [2.24, 2.45) is 0 Å². The van der Waals surface area contributed by atoms with Gasteiger partial charge in [-0.1, -0.05) is 48.5 Å². The quantitative estimate of drug-likeness (QED) is 0.669. The number of para-hydroxylation sites is 1. The largest absolute Gasteiger partial charge is 0.456 e. The SMILES string of the molecule is O=C(CCc1ccccc1)OCC(=O)N(c1ccccc1)[C@H]1C=CS(=O)(=O)C1. The molecule has 0 radical (unpaired) electrons. The standard InChI is InChI=1S/C21H21NO5S/c23-20(15-27-21(24)12-11-17-7-3-1-4-8-17)22(18-9-5-2-6-10-18)19-13-14-28(25,26)16-19/h1-10,13-14,19H,11-12,15-16H2/t19-/m0/s1. The molecule has 0 fully saturated rings. The maximum absolute atomic E-state index is 12.7. The van der Waals surface area contributed by atoms with Crippen molar-refractivity contribution in [3.63, 3.8) is 0 Å². The second kappa shape index (κ2) is 8.84. The Hall–Kier alpha value is -2.93. The molecule has 0 saturated carbocycles. The van der Waals surface area contributed by atoms with Crippen LogP contribution in [-0.2, 0) is 30.6 Å². The summed E-state index contributed by atoms with van der Waals surface area (Å²) in [5, 5.41) is 1.12. The molecule has 1 amide bonds. The second-order valence-corrected chi connectivity index (χ2v) is 8.40. The molecule has 1 atom stereocenters. The topological polar surface area (TPSA) is 80.8 Å². The van der Waals surface area contributed by atoms with Gasteiger partial charge in [0.2, 0.25) is 0 Å². The van der Waals surface area contributed by atoms with E-state index >= 15 is 0 Å². The van der Waals surface area contributed by atoms with E-state index in [9.17, 15) is 18.0 Å². The number of carbonyl (C=O) groups is 2. The summed E-state index contributed by atoms with van der Waals surface area (Å²) in [6.45, 7) is -0.438. The number of rotatable bonds is 7. The van der Waals surface area contributed by atoms with Crippen LogP contribution < -0.4 is 4.90 Å². The van der Waals surface area contributed by atoms with Gasteiger partial charge in [-0.25, -0.2) is 8.42 Å². The molecule has 3 rings (SSSR count). The lowest BCUT2D eigenvalue weighted by Gasteiger charge is -2.27. The summed E-state index contributed by atoms with van der Waals surface area (Å²) in [5.74, 6) is -1.12. The highest BCUT2D eigenvalue weighted by Gasteiger charge is 2.31. The molecule has 0 unspecified atom stereocenters. The Morgan fingerprint density at radius 1 is 1.00 bits per heavy atom. The van der Waals surface area contributed by atoms with Crippen LogP contribution in [0.2, 0.25) is 0 Å². The van der Waals surface area contributed by atoms with E-state index in [4.69, 9.17) is 4.74 Å². The van der Waals surface area contributed by atoms with Crippen molar-refractivity contribution in [1.82, 2.24) is 0 Å². The smallest absolute Gasteiger partial charge is 0.306 e. The van der Waals surface area contributed by atoms with Gasteiger partial charge < -0.3 is 9.64 Å². The number of amides is 1. The van der Waals surface area contributed by atoms with Crippen molar-refractivity contribution in [2.45, 2.75) is 18.9 Å². The van der Waals surface area contributed by atoms with Gasteiger partial charge in [0.1, 0.15) is 0 Å². The van der Waals surface area contributed by atoms with Gasteiger partial charge in [-0.15, -0.1) is 0 Å². The van der Waals surface area contributed by atoms with Crippen molar-refractivity contribution in [1.29, 1.82) is 0 Å². The highest BCUT2D eigenvalue weighted by Crippen LogP contribution is 2.22. The van der Waals surface area contributed by atoms with Crippen LogP contribution in [0.4, 0.5) is 5.69 Å². The number of ether oxygens (including phenoxy) is 1. The van der Waals surface area contributed by atoms with E-state index in [1.54, 1.807) is 30.3 Å². The summed E-state index contributed by atoms with van der Waals surface area (Å²) < 4.78 is 28.7. The van der Waals surface area contributed by atoms with Gasteiger partial charge in [0.05, 0.1) is 11.8 Å². The number of esters is 1. The lowest BCUT2D eigenvalue weighted by Crippen LogP contribution is -2.43. The van der Waals surface area contributed by atoms with Gasteiger partial charge in [0, 0.05) is 17.5 Å². The molecule has 0 aliphatic carbocycles. The number of hydrogen-bond acceptors (Lipinski definition) is 5. The third-order valence-corrected chi connectivity index (χ3v) is 5.74. The summed E-state index contributed by atoms with van der Waals surface area (Å²) in [4.78, 5) is 26.1. The average Bonchev–Trinajstić information content (AvgIpc) is 3.06. The van der Waals surface area contributed by atoms with Crippen molar-refractivity contribution < 1.29 is 22.7 Å². The molecule has 28 heavy (non-hydrogen) atoms. The summed E-state index contributed by atoms with van der Waals surface area (Å²) in [5.41, 5.74) is 1.57. The Morgan fingerprint density at radius 3 is 2.25 bits per heavy atom. The Bertz CT molecular complexity index is 955. The van der Waals surface area contributed by atoms with Gasteiger partial charge in [0.15, 0.2) is 16.4 Å². The zero-order valence-corrected chi connectivity index (χ0v) is 16.0. The molecule has 2 aromatic rings. The molecule has 7 heteroatoms. The minimum atomic E-state index is -3.33. The van der Waals surface area contributed by atoms with Gasteiger partial charge in [-0.2, -0.15) is 0 Å². The van der Waals surface area contributed by atoms with E-state index in [-0.39, 0.29) is 12.2 Å². The highest BCUT2D eigenvalue weighted by molar-refractivity contribution is 7.94. The summed E-state index contributed by atoms with van der Waals surface area (Å²) in [6.07, 6.45) is 2.18. The maximum atomic E-state index is 12.7. The number of sulfone groups is 1. The normalized spacial score (nSPS) is 17.2. The van der Waals surface area contributed by atoms with Crippen molar-refractivity contribution in [3.8, 4) is 0 Å². The van der Waals surface area contributed by atoms with Crippen LogP contribution >= 0.6 is 0 Å². The van der Waals surface area contributed by atoms with Crippen LogP contribution in [0.15, 0.2) is 72.1 Å². The zero-order chi connectivity index (χ0) is 20.0. The van der Waals surface area contributed by atoms with Crippen LogP contribution in [0.25, 0.3) is 0 Å². The Labute approximate surface area is 164 Å². The second-order valence-electron chi connectivity index (χ2n) is 6.47. The molecular weight excluding hydrogens is 378 g/mol. The molecule has 0 saturated heterocycles. The molecule has 0 spiro atoms. The fourth-order valence-corrected chi connectivity index (χ4v) is 4.27. The summed E-state index contributed by atoms with van der Waals surface area (Å²) >= 11 is 0. The van der Waals surface area contributed by atoms with Crippen LogP contribution in [-0.4, -0.2) is 38.7 Å². The van der Waals surface area contributed by atoms with E-state index in [0.717, 1.165) is 11.0 Å². The van der Waals surface area contributed by atoms with Gasteiger partial charge in [-0.05, 0) is 30.2 Å². The molecular formula is C21H21NO5S. The third-order valence-electron chi connectivity index (χ3n) is 4.36. The van der Waals surface area contributed by atoms with Crippen molar-refractivity contribution >= 4 is 27.4 Å². The number of carbonyl (C=O) groups excluding carboxylic acids is 2. The number of nitrogens with zero attached hydrogens (tertiary/aromatic N) is 1. The van der Waals surface area contributed by atoms with Crippen molar-refractivity contribution in [2.75, 3.05) is 17.3 Å². The predicted molar refractivity (Wildman–Crippen MR) is 106 cm³/mol. The minimum Gasteiger partial charge on any atom is -0.456 e. The minimum absolute atomic E-state index is 0.167. The van der Waals surface area contributed by atoms with Gasteiger partial charge in [0.25, 0.3) is 5.91 Å². The Morgan fingerprint density at radius 2 is 1.64 bits per heavy atom. The third kappa shape index (κ3) is 5.29. The average molecular weight is 399 g/mol. The number of aryl methyl sites for hydroxylation is 1. The molecule has 1 heterocycles. The maximum Gasteiger partial charge on any atom is 0.306 e. The number of anilines is 1. The van der Waals surface area contributed by atoms with Crippen LogP contribution in [0.1, 0.15) is 12.0 Å². The van der Waals surface area contributed by atoms with Crippen LogP contribution in [0.3, 0.4) is 0 Å². The summed E-state index contributed by atoms with van der Waals surface area (Å²) in [6, 6.07) is 17.7. The van der Waals surface area contributed by atoms with Crippen LogP contribution in [0, 0.1) is 0 Å². The monoisotopic (exact) mass is 399 g/mol. The van der Waals surface area contributed by atoms with Gasteiger partial charge in [-0.3, -0.25) is 9.59 Å². The zero-order valence-electron chi connectivity index (χ0n) is 15.2. The number of benzene rings is 2. The lowest BCUT2D eigenvalue weighted by atomic mass is 10.1.